The molecule has 3 rings (SSSR count). The summed E-state index contributed by atoms with van der Waals surface area (Å²) in [6.07, 6.45) is 5.54. The van der Waals surface area contributed by atoms with Gasteiger partial charge in [0.15, 0.2) is 0 Å². The van der Waals surface area contributed by atoms with Gasteiger partial charge in [-0.25, -0.2) is 8.42 Å². The Morgan fingerprint density at radius 3 is 1.91 bits per heavy atom. The Hall–Kier alpha value is -2.35. The fraction of sp³-hybridized carbons (Fsp3) is 0.481. The minimum absolute atomic E-state index is 0.302. The molecular formula is C27H37NO5S. The summed E-state index contributed by atoms with van der Waals surface area (Å²) in [5, 5.41) is -0.454. The summed E-state index contributed by atoms with van der Waals surface area (Å²) < 4.78 is 45.8. The number of allylic oxidation sites excluding steroid dienone is 1. The van der Waals surface area contributed by atoms with E-state index in [2.05, 4.69) is 6.58 Å². The van der Waals surface area contributed by atoms with E-state index in [4.69, 9.17) is 14.2 Å². The molecule has 1 aliphatic heterocycles. The molecule has 2 aromatic rings. The van der Waals surface area contributed by atoms with Gasteiger partial charge in [-0.05, 0) is 73.4 Å². The topological polar surface area (TPSA) is 65.1 Å². The van der Waals surface area contributed by atoms with Gasteiger partial charge in [-0.1, -0.05) is 30.3 Å². The Bertz CT molecular complexity index is 933. The lowest BCUT2D eigenvalue weighted by molar-refractivity contribution is 0.0632. The van der Waals surface area contributed by atoms with E-state index in [1.54, 1.807) is 18.5 Å². The SMILES string of the molecule is C=CCC[C@@H](CC1CCOCC1)S(=O)(=O)N(Cc1ccc(OC)cc1)Cc1ccc(OC)cc1. The molecule has 2 aromatic carbocycles. The minimum Gasteiger partial charge on any atom is -0.497 e. The maximum Gasteiger partial charge on any atom is 0.217 e. The molecule has 1 fully saturated rings. The van der Waals surface area contributed by atoms with Crippen molar-refractivity contribution in [3.63, 3.8) is 0 Å². The normalized spacial score (nSPS) is 15.7. The van der Waals surface area contributed by atoms with E-state index < -0.39 is 15.3 Å². The van der Waals surface area contributed by atoms with Crippen molar-refractivity contribution in [3.8, 4) is 11.5 Å². The van der Waals surface area contributed by atoms with Crippen molar-refractivity contribution in [2.24, 2.45) is 5.92 Å². The summed E-state index contributed by atoms with van der Waals surface area (Å²) in [4.78, 5) is 0. The quantitative estimate of drug-likeness (QED) is 0.364. The van der Waals surface area contributed by atoms with Gasteiger partial charge in [-0.3, -0.25) is 0 Å². The van der Waals surface area contributed by atoms with Crippen LogP contribution in [0.5, 0.6) is 11.5 Å². The zero-order valence-electron chi connectivity index (χ0n) is 20.3. The van der Waals surface area contributed by atoms with E-state index in [1.165, 1.54) is 0 Å². The second kappa shape index (κ2) is 12.9. The molecule has 0 bridgehead atoms. The molecule has 0 unspecified atom stereocenters. The van der Waals surface area contributed by atoms with Gasteiger partial charge in [-0.15, -0.1) is 6.58 Å². The van der Waals surface area contributed by atoms with Crippen molar-refractivity contribution in [1.82, 2.24) is 4.31 Å². The van der Waals surface area contributed by atoms with Crippen LogP contribution in [0.25, 0.3) is 0 Å². The van der Waals surface area contributed by atoms with Crippen molar-refractivity contribution in [2.75, 3.05) is 27.4 Å². The summed E-state index contributed by atoms with van der Waals surface area (Å²) >= 11 is 0. The third-order valence-electron chi connectivity index (χ3n) is 6.45. The summed E-state index contributed by atoms with van der Waals surface area (Å²) in [6, 6.07) is 15.2. The molecule has 1 atom stereocenters. The van der Waals surface area contributed by atoms with Gasteiger partial charge in [0.1, 0.15) is 11.5 Å². The number of hydrogen-bond donors (Lipinski definition) is 0. The summed E-state index contributed by atoms with van der Waals surface area (Å²) in [7, 11) is -0.338. The number of sulfonamides is 1. The standard InChI is InChI=1S/C27H37NO5S/c1-4-5-6-27(19-22-15-17-33-18-16-22)34(29,30)28(20-23-7-11-25(31-2)12-8-23)21-24-9-13-26(32-3)14-10-24/h4,7-14,22,27H,1,5-6,15-21H2,2-3H3/t27-/m0/s1. The van der Waals surface area contributed by atoms with Gasteiger partial charge in [0.25, 0.3) is 0 Å². The van der Waals surface area contributed by atoms with Crippen LogP contribution in [0.1, 0.15) is 43.2 Å². The molecule has 186 valence electrons. The van der Waals surface area contributed by atoms with E-state index in [9.17, 15) is 8.42 Å². The molecule has 0 amide bonds. The Morgan fingerprint density at radius 1 is 0.971 bits per heavy atom. The van der Waals surface area contributed by atoms with Crippen LogP contribution in [0.15, 0.2) is 61.2 Å². The van der Waals surface area contributed by atoms with Crippen LogP contribution in [-0.2, 0) is 27.8 Å². The molecule has 6 nitrogen and oxygen atoms in total. The number of hydrogen-bond acceptors (Lipinski definition) is 5. The summed E-state index contributed by atoms with van der Waals surface area (Å²) in [6.45, 7) is 5.84. The van der Waals surface area contributed by atoms with E-state index in [1.807, 2.05) is 54.6 Å². The van der Waals surface area contributed by atoms with Gasteiger partial charge < -0.3 is 14.2 Å². The zero-order valence-corrected chi connectivity index (χ0v) is 21.1. The lowest BCUT2D eigenvalue weighted by atomic mass is 9.93. The van der Waals surface area contributed by atoms with Gasteiger partial charge in [-0.2, -0.15) is 4.31 Å². The molecule has 0 spiro atoms. The molecule has 7 heteroatoms. The van der Waals surface area contributed by atoms with Gasteiger partial charge in [0.05, 0.1) is 19.5 Å². The lowest BCUT2D eigenvalue weighted by Gasteiger charge is -2.31. The van der Waals surface area contributed by atoms with Crippen LogP contribution in [0.2, 0.25) is 0 Å². The van der Waals surface area contributed by atoms with Gasteiger partial charge >= 0.3 is 0 Å². The highest BCUT2D eigenvalue weighted by atomic mass is 32.2. The van der Waals surface area contributed by atoms with Crippen molar-refractivity contribution in [1.29, 1.82) is 0 Å². The first-order valence-electron chi connectivity index (χ1n) is 11.9. The molecule has 34 heavy (non-hydrogen) atoms. The van der Waals surface area contributed by atoms with E-state index in [-0.39, 0.29) is 0 Å². The number of ether oxygens (including phenoxy) is 3. The van der Waals surface area contributed by atoms with E-state index in [0.717, 1.165) is 35.5 Å². The maximum absolute atomic E-state index is 14.1. The summed E-state index contributed by atoms with van der Waals surface area (Å²) in [5.74, 6) is 1.86. The molecule has 1 aliphatic rings. The Morgan fingerprint density at radius 2 is 1.47 bits per heavy atom. The van der Waals surface area contributed by atoms with E-state index in [0.29, 0.717) is 51.5 Å². The Labute approximate surface area is 204 Å². The number of benzene rings is 2. The third-order valence-corrected chi connectivity index (χ3v) is 8.70. The van der Waals surface area contributed by atoms with Crippen LogP contribution in [0.4, 0.5) is 0 Å². The van der Waals surface area contributed by atoms with Gasteiger partial charge in [0, 0.05) is 26.3 Å². The monoisotopic (exact) mass is 487 g/mol. The largest absolute Gasteiger partial charge is 0.497 e. The van der Waals surface area contributed by atoms with Crippen LogP contribution in [-0.4, -0.2) is 45.4 Å². The minimum atomic E-state index is -3.58. The molecular weight excluding hydrogens is 450 g/mol. The Kier molecular flexibility index (Phi) is 9.99. The number of methoxy groups -OCH3 is 2. The maximum atomic E-state index is 14.1. The van der Waals surface area contributed by atoms with Crippen molar-refractivity contribution in [3.05, 3.63) is 72.3 Å². The predicted molar refractivity (Wildman–Crippen MR) is 136 cm³/mol. The average molecular weight is 488 g/mol. The fourth-order valence-corrected chi connectivity index (χ4v) is 6.39. The fourth-order valence-electron chi connectivity index (χ4n) is 4.36. The highest BCUT2D eigenvalue weighted by molar-refractivity contribution is 7.89. The molecule has 1 saturated heterocycles. The molecule has 1 heterocycles. The molecule has 0 saturated carbocycles. The summed E-state index contributed by atoms with van der Waals surface area (Å²) in [5.41, 5.74) is 1.85. The first-order chi connectivity index (χ1) is 16.5. The average Bonchev–Trinajstić information content (AvgIpc) is 2.87. The molecule has 0 aromatic heterocycles. The molecule has 0 radical (unpaired) electrons. The second-order valence-corrected chi connectivity index (χ2v) is 11.0. The predicted octanol–water partition coefficient (Wildman–Crippen LogP) is 5.19. The van der Waals surface area contributed by atoms with Crippen LogP contribution < -0.4 is 9.47 Å². The van der Waals surface area contributed by atoms with Gasteiger partial charge in [0.2, 0.25) is 10.0 Å². The second-order valence-electron chi connectivity index (χ2n) is 8.79. The highest BCUT2D eigenvalue weighted by Gasteiger charge is 2.34. The first-order valence-corrected chi connectivity index (χ1v) is 13.4. The Balaban J connectivity index is 1.88. The number of rotatable bonds is 13. The van der Waals surface area contributed by atoms with Crippen molar-refractivity contribution in [2.45, 2.75) is 50.4 Å². The molecule has 0 N–H and O–H groups in total. The van der Waals surface area contributed by atoms with Crippen LogP contribution in [0.3, 0.4) is 0 Å². The van der Waals surface area contributed by atoms with E-state index >= 15 is 0 Å². The number of nitrogens with zero attached hydrogens (tertiary/aromatic N) is 1. The molecule has 0 aliphatic carbocycles. The van der Waals surface area contributed by atoms with Crippen LogP contribution in [0, 0.1) is 5.92 Å². The highest BCUT2D eigenvalue weighted by Crippen LogP contribution is 2.29. The van der Waals surface area contributed by atoms with Crippen molar-refractivity contribution >= 4 is 10.0 Å². The smallest absolute Gasteiger partial charge is 0.217 e. The zero-order chi connectivity index (χ0) is 24.4. The lowest BCUT2D eigenvalue weighted by Crippen LogP contribution is -2.39. The van der Waals surface area contributed by atoms with Crippen molar-refractivity contribution < 1.29 is 22.6 Å². The third kappa shape index (κ3) is 7.32. The first kappa shape index (κ1) is 26.3. The van der Waals surface area contributed by atoms with Crippen LogP contribution >= 0.6 is 0 Å².